The molecule has 0 bridgehead atoms. The molecule has 122 valence electrons. The Kier molecular flexibility index (Phi) is 5.91. The van der Waals surface area contributed by atoms with Gasteiger partial charge in [-0.1, -0.05) is 24.3 Å². The number of methoxy groups -OCH3 is 1. The van der Waals surface area contributed by atoms with Gasteiger partial charge in [0.05, 0.1) is 7.11 Å². The molecule has 0 saturated carbocycles. The van der Waals surface area contributed by atoms with Gasteiger partial charge in [-0.2, -0.15) is 0 Å². The van der Waals surface area contributed by atoms with E-state index in [2.05, 4.69) is 4.74 Å². The van der Waals surface area contributed by atoms with Gasteiger partial charge in [-0.05, 0) is 47.5 Å². The van der Waals surface area contributed by atoms with Gasteiger partial charge >= 0.3 is 11.9 Å². The summed E-state index contributed by atoms with van der Waals surface area (Å²) in [5.41, 5.74) is 1.55. The van der Waals surface area contributed by atoms with Crippen molar-refractivity contribution in [1.82, 2.24) is 0 Å². The van der Waals surface area contributed by atoms with Crippen LogP contribution >= 0.6 is 0 Å². The summed E-state index contributed by atoms with van der Waals surface area (Å²) in [7, 11) is 1.31. The van der Waals surface area contributed by atoms with E-state index in [1.54, 1.807) is 48.6 Å². The fraction of sp³-hybridized carbons (Fsp3) is 0.0526. The zero-order chi connectivity index (χ0) is 17.4. The smallest absolute Gasteiger partial charge is 0.336 e. The predicted molar refractivity (Wildman–Crippen MR) is 90.3 cm³/mol. The van der Waals surface area contributed by atoms with Crippen molar-refractivity contribution >= 4 is 24.1 Å². The standard InChI is InChI=1S/C19H16O5/c1-23-18(21)12-6-15-4-10-17(11-5-15)24-19(22)13-7-14-2-8-16(20)9-3-14/h2-13,20H,1H3/b12-6+,13-7+. The lowest BCUT2D eigenvalue weighted by Gasteiger charge is -2.01. The molecule has 2 aromatic carbocycles. The molecule has 0 saturated heterocycles. The number of carbonyl (C=O) groups excluding carboxylic acids is 2. The molecule has 1 N–H and O–H groups in total. The summed E-state index contributed by atoms with van der Waals surface area (Å²) in [4.78, 5) is 22.8. The van der Waals surface area contributed by atoms with Crippen molar-refractivity contribution in [3.05, 3.63) is 71.8 Å². The second-order valence-corrected chi connectivity index (χ2v) is 4.77. The van der Waals surface area contributed by atoms with Crippen molar-refractivity contribution in [2.75, 3.05) is 7.11 Å². The van der Waals surface area contributed by atoms with Crippen molar-refractivity contribution in [2.24, 2.45) is 0 Å². The molecule has 0 fully saturated rings. The number of hydrogen-bond donors (Lipinski definition) is 1. The van der Waals surface area contributed by atoms with E-state index in [-0.39, 0.29) is 5.75 Å². The van der Waals surface area contributed by atoms with Gasteiger partial charge in [0.2, 0.25) is 0 Å². The molecule has 0 aromatic heterocycles. The van der Waals surface area contributed by atoms with Gasteiger partial charge in [0.1, 0.15) is 11.5 Å². The van der Waals surface area contributed by atoms with Gasteiger partial charge in [0.25, 0.3) is 0 Å². The summed E-state index contributed by atoms with van der Waals surface area (Å²) in [6.45, 7) is 0. The Morgan fingerprint density at radius 1 is 0.833 bits per heavy atom. The van der Waals surface area contributed by atoms with Crippen LogP contribution in [0.4, 0.5) is 0 Å². The van der Waals surface area contributed by atoms with Gasteiger partial charge in [-0.15, -0.1) is 0 Å². The zero-order valence-corrected chi connectivity index (χ0v) is 13.0. The Morgan fingerprint density at radius 2 is 1.33 bits per heavy atom. The van der Waals surface area contributed by atoms with E-state index in [4.69, 9.17) is 4.74 Å². The minimum atomic E-state index is -0.513. The number of phenols is 1. The lowest BCUT2D eigenvalue weighted by Crippen LogP contribution is -2.03. The van der Waals surface area contributed by atoms with Crippen molar-refractivity contribution in [2.45, 2.75) is 0 Å². The first-order valence-corrected chi connectivity index (χ1v) is 7.12. The monoisotopic (exact) mass is 324 g/mol. The summed E-state index contributed by atoms with van der Waals surface area (Å²) in [5.74, 6) is -0.396. The Balaban J connectivity index is 1.93. The van der Waals surface area contributed by atoms with E-state index in [0.29, 0.717) is 5.75 Å². The first-order valence-electron chi connectivity index (χ1n) is 7.12. The molecule has 0 radical (unpaired) electrons. The van der Waals surface area contributed by atoms with Gasteiger partial charge in [0.15, 0.2) is 0 Å². The predicted octanol–water partition coefficient (Wildman–Crippen LogP) is 3.20. The lowest BCUT2D eigenvalue weighted by molar-refractivity contribution is -0.134. The third kappa shape index (κ3) is 5.46. The molecule has 0 aliphatic carbocycles. The molecule has 0 heterocycles. The summed E-state index contributed by atoms with van der Waals surface area (Å²) >= 11 is 0. The molecule has 0 atom stereocenters. The number of carbonyl (C=O) groups is 2. The average molecular weight is 324 g/mol. The van der Waals surface area contributed by atoms with Crippen LogP contribution in [0, 0.1) is 0 Å². The fourth-order valence-corrected chi connectivity index (χ4v) is 1.78. The van der Waals surface area contributed by atoms with E-state index in [0.717, 1.165) is 11.1 Å². The first kappa shape index (κ1) is 17.0. The molecule has 2 aromatic rings. The van der Waals surface area contributed by atoms with Crippen molar-refractivity contribution in [3.8, 4) is 11.5 Å². The average Bonchev–Trinajstić information content (AvgIpc) is 2.60. The van der Waals surface area contributed by atoms with Crippen LogP contribution in [0.1, 0.15) is 11.1 Å². The van der Waals surface area contributed by atoms with Gasteiger partial charge in [-0.25, -0.2) is 9.59 Å². The largest absolute Gasteiger partial charge is 0.508 e. The molecule has 0 aliphatic rings. The summed E-state index contributed by atoms with van der Waals surface area (Å²) in [6, 6.07) is 13.1. The third-order valence-electron chi connectivity index (χ3n) is 3.02. The third-order valence-corrected chi connectivity index (χ3v) is 3.02. The van der Waals surface area contributed by atoms with E-state index in [1.165, 1.54) is 31.4 Å². The van der Waals surface area contributed by atoms with E-state index >= 15 is 0 Å². The molecule has 2 rings (SSSR count). The Hall–Kier alpha value is -3.34. The number of aromatic hydroxyl groups is 1. The maximum Gasteiger partial charge on any atom is 0.336 e. The molecule has 5 heteroatoms. The van der Waals surface area contributed by atoms with Crippen LogP contribution in [-0.4, -0.2) is 24.2 Å². The molecule has 24 heavy (non-hydrogen) atoms. The summed E-state index contributed by atoms with van der Waals surface area (Å²) < 4.78 is 9.67. The second-order valence-electron chi connectivity index (χ2n) is 4.77. The van der Waals surface area contributed by atoms with Gasteiger partial charge in [-0.3, -0.25) is 0 Å². The summed E-state index contributed by atoms with van der Waals surface area (Å²) in [6.07, 6.45) is 5.80. The van der Waals surface area contributed by atoms with E-state index < -0.39 is 11.9 Å². The minimum absolute atomic E-state index is 0.163. The SMILES string of the molecule is COC(=O)/C=C/c1ccc(OC(=O)/C=C/c2ccc(O)cc2)cc1. The Bertz CT molecular complexity index is 755. The van der Waals surface area contributed by atoms with Crippen molar-refractivity contribution in [1.29, 1.82) is 0 Å². The quantitative estimate of drug-likeness (QED) is 0.519. The molecule has 5 nitrogen and oxygen atoms in total. The van der Waals surface area contributed by atoms with E-state index in [9.17, 15) is 14.7 Å². The lowest BCUT2D eigenvalue weighted by atomic mass is 10.2. The highest BCUT2D eigenvalue weighted by atomic mass is 16.5. The number of rotatable bonds is 5. The minimum Gasteiger partial charge on any atom is -0.508 e. The van der Waals surface area contributed by atoms with Crippen LogP contribution in [0.15, 0.2) is 60.7 Å². The van der Waals surface area contributed by atoms with Crippen molar-refractivity contribution in [3.63, 3.8) is 0 Å². The van der Waals surface area contributed by atoms with Crippen LogP contribution in [-0.2, 0) is 14.3 Å². The van der Waals surface area contributed by atoms with Gasteiger partial charge in [0, 0.05) is 12.2 Å². The molecular weight excluding hydrogens is 308 g/mol. The maximum absolute atomic E-state index is 11.8. The zero-order valence-electron chi connectivity index (χ0n) is 13.0. The highest BCUT2D eigenvalue weighted by Crippen LogP contribution is 2.14. The number of phenolic OH excluding ortho intramolecular Hbond substituents is 1. The number of hydrogen-bond acceptors (Lipinski definition) is 5. The van der Waals surface area contributed by atoms with Crippen LogP contribution in [0.5, 0.6) is 11.5 Å². The Labute approximate surface area is 139 Å². The Morgan fingerprint density at radius 3 is 1.88 bits per heavy atom. The molecule has 0 spiro atoms. The summed E-state index contributed by atoms with van der Waals surface area (Å²) in [5, 5.41) is 9.19. The molecule has 0 amide bonds. The molecule has 0 unspecified atom stereocenters. The fourth-order valence-electron chi connectivity index (χ4n) is 1.78. The first-order chi connectivity index (χ1) is 11.6. The maximum atomic E-state index is 11.8. The number of esters is 2. The highest BCUT2D eigenvalue weighted by Gasteiger charge is 2.01. The van der Waals surface area contributed by atoms with E-state index in [1.807, 2.05) is 0 Å². The number of ether oxygens (including phenoxy) is 2. The van der Waals surface area contributed by atoms with Crippen LogP contribution < -0.4 is 4.74 Å². The van der Waals surface area contributed by atoms with Crippen molar-refractivity contribution < 1.29 is 24.2 Å². The second kappa shape index (κ2) is 8.33. The topological polar surface area (TPSA) is 72.8 Å². The highest BCUT2D eigenvalue weighted by molar-refractivity contribution is 5.89. The molecule has 0 aliphatic heterocycles. The number of benzene rings is 2. The van der Waals surface area contributed by atoms with Crippen LogP contribution in [0.2, 0.25) is 0 Å². The normalized spacial score (nSPS) is 10.9. The van der Waals surface area contributed by atoms with Crippen LogP contribution in [0.25, 0.3) is 12.2 Å². The van der Waals surface area contributed by atoms with Crippen LogP contribution in [0.3, 0.4) is 0 Å². The molecular formula is C19H16O5. The van der Waals surface area contributed by atoms with Gasteiger partial charge < -0.3 is 14.6 Å².